The number of benzene rings is 2. The number of carbonyl (C=O) groups is 2. The van der Waals surface area contributed by atoms with Gasteiger partial charge < -0.3 is 20.7 Å². The first-order valence-electron chi connectivity index (χ1n) is 9.56. The average Bonchev–Trinajstić information content (AvgIpc) is 2.65. The largest absolute Gasteiger partial charge is 0.489 e. The molecule has 2 aromatic carbocycles. The second-order valence-electron chi connectivity index (χ2n) is 7.29. The van der Waals surface area contributed by atoms with Crippen LogP contribution in [-0.4, -0.2) is 36.3 Å². The van der Waals surface area contributed by atoms with E-state index in [4.69, 9.17) is 10.5 Å². The van der Waals surface area contributed by atoms with E-state index in [9.17, 15) is 9.59 Å². The first-order valence-corrected chi connectivity index (χ1v) is 9.56. The Labute approximate surface area is 177 Å². The standard InChI is InChI=1S/C22H27N3O3.ClH/c1-16(19-11-24-12-19)22(27)25(14-21(23)26)13-17-7-9-20(10-8-17)28-15-18-5-3-2-4-6-18;/h2-10,16,19,24H,11-15H2,1H3,(H2,23,26);1H. The molecule has 29 heavy (non-hydrogen) atoms. The molecule has 0 aromatic heterocycles. The highest BCUT2D eigenvalue weighted by Gasteiger charge is 2.32. The minimum absolute atomic E-state index is 0. The van der Waals surface area contributed by atoms with Crippen molar-refractivity contribution in [3.05, 3.63) is 65.7 Å². The molecule has 3 N–H and O–H groups in total. The second-order valence-corrected chi connectivity index (χ2v) is 7.29. The van der Waals surface area contributed by atoms with Crippen molar-refractivity contribution in [1.82, 2.24) is 10.2 Å². The summed E-state index contributed by atoms with van der Waals surface area (Å²) in [5.41, 5.74) is 7.39. The van der Waals surface area contributed by atoms with Crippen LogP contribution in [0.25, 0.3) is 0 Å². The molecule has 6 nitrogen and oxygen atoms in total. The fourth-order valence-electron chi connectivity index (χ4n) is 3.21. The van der Waals surface area contributed by atoms with Gasteiger partial charge >= 0.3 is 0 Å². The Bertz CT molecular complexity index is 795. The summed E-state index contributed by atoms with van der Waals surface area (Å²) < 4.78 is 5.79. The van der Waals surface area contributed by atoms with Gasteiger partial charge in [0.1, 0.15) is 12.4 Å². The average molecular weight is 418 g/mol. The maximum atomic E-state index is 12.8. The van der Waals surface area contributed by atoms with Crippen LogP contribution in [-0.2, 0) is 22.7 Å². The van der Waals surface area contributed by atoms with Crippen molar-refractivity contribution < 1.29 is 14.3 Å². The topological polar surface area (TPSA) is 84.7 Å². The number of rotatable bonds is 9. The van der Waals surface area contributed by atoms with E-state index in [-0.39, 0.29) is 30.8 Å². The molecule has 156 valence electrons. The Morgan fingerprint density at radius 2 is 1.76 bits per heavy atom. The third-order valence-corrected chi connectivity index (χ3v) is 5.11. The number of nitrogens with zero attached hydrogens (tertiary/aromatic N) is 1. The third kappa shape index (κ3) is 6.48. The predicted octanol–water partition coefficient (Wildman–Crippen LogP) is 2.36. The van der Waals surface area contributed by atoms with Gasteiger partial charge in [-0.25, -0.2) is 0 Å². The van der Waals surface area contributed by atoms with Crippen LogP contribution in [0, 0.1) is 11.8 Å². The lowest BCUT2D eigenvalue weighted by molar-refractivity contribution is -0.141. The van der Waals surface area contributed by atoms with Crippen molar-refractivity contribution in [3.63, 3.8) is 0 Å². The maximum absolute atomic E-state index is 12.8. The highest BCUT2D eigenvalue weighted by Crippen LogP contribution is 2.21. The van der Waals surface area contributed by atoms with Gasteiger partial charge in [-0.3, -0.25) is 9.59 Å². The van der Waals surface area contributed by atoms with Crippen LogP contribution in [0.4, 0.5) is 0 Å². The van der Waals surface area contributed by atoms with Crippen LogP contribution < -0.4 is 15.8 Å². The van der Waals surface area contributed by atoms with E-state index in [0.29, 0.717) is 19.1 Å². The minimum Gasteiger partial charge on any atom is -0.489 e. The summed E-state index contributed by atoms with van der Waals surface area (Å²) in [5, 5.41) is 3.18. The van der Waals surface area contributed by atoms with E-state index < -0.39 is 5.91 Å². The number of amides is 2. The molecule has 2 aromatic rings. The SMILES string of the molecule is CC(C(=O)N(CC(N)=O)Cc1ccc(OCc2ccccc2)cc1)C1CNC1.Cl. The molecular formula is C22H28ClN3O3. The van der Waals surface area contributed by atoms with Gasteiger partial charge in [-0.2, -0.15) is 0 Å². The molecule has 1 unspecified atom stereocenters. The zero-order chi connectivity index (χ0) is 19.9. The van der Waals surface area contributed by atoms with Crippen LogP contribution in [0.1, 0.15) is 18.1 Å². The van der Waals surface area contributed by atoms with Crippen LogP contribution in [0.5, 0.6) is 5.75 Å². The molecule has 0 spiro atoms. The first kappa shape index (κ1) is 22.7. The summed E-state index contributed by atoms with van der Waals surface area (Å²) in [6.45, 7) is 4.37. The monoisotopic (exact) mass is 417 g/mol. The van der Waals surface area contributed by atoms with Gasteiger partial charge in [-0.1, -0.05) is 49.4 Å². The lowest BCUT2D eigenvalue weighted by Gasteiger charge is -2.34. The molecule has 1 aliphatic heterocycles. The van der Waals surface area contributed by atoms with Gasteiger partial charge in [0.2, 0.25) is 11.8 Å². The zero-order valence-electron chi connectivity index (χ0n) is 16.5. The van der Waals surface area contributed by atoms with Gasteiger partial charge in [0, 0.05) is 12.5 Å². The van der Waals surface area contributed by atoms with Gasteiger partial charge in [0.15, 0.2) is 0 Å². The number of primary amides is 1. The summed E-state index contributed by atoms with van der Waals surface area (Å²) in [6, 6.07) is 17.5. The second kappa shape index (κ2) is 10.8. The molecule has 1 saturated heterocycles. The fourth-order valence-corrected chi connectivity index (χ4v) is 3.21. The highest BCUT2D eigenvalue weighted by atomic mass is 35.5. The third-order valence-electron chi connectivity index (χ3n) is 5.11. The van der Waals surface area contributed by atoms with E-state index in [1.807, 2.05) is 61.5 Å². The number of nitrogens with one attached hydrogen (secondary N) is 1. The lowest BCUT2D eigenvalue weighted by atomic mass is 9.88. The Kier molecular flexibility index (Phi) is 8.49. The zero-order valence-corrected chi connectivity index (χ0v) is 17.4. The van der Waals surface area contributed by atoms with Crippen LogP contribution in [0.15, 0.2) is 54.6 Å². The van der Waals surface area contributed by atoms with Crippen LogP contribution >= 0.6 is 12.4 Å². The fraction of sp³-hybridized carbons (Fsp3) is 0.364. The Balaban J connectivity index is 0.00000300. The van der Waals surface area contributed by atoms with Crippen molar-refractivity contribution in [2.45, 2.75) is 20.1 Å². The molecule has 1 fully saturated rings. The molecule has 0 saturated carbocycles. The maximum Gasteiger partial charge on any atom is 0.237 e. The van der Waals surface area contributed by atoms with E-state index >= 15 is 0 Å². The van der Waals surface area contributed by atoms with E-state index in [1.54, 1.807) is 4.90 Å². The van der Waals surface area contributed by atoms with Crippen molar-refractivity contribution in [1.29, 1.82) is 0 Å². The number of halogens is 1. The number of carbonyl (C=O) groups excluding carboxylic acids is 2. The van der Waals surface area contributed by atoms with E-state index in [1.165, 1.54) is 0 Å². The molecule has 0 bridgehead atoms. The Morgan fingerprint density at radius 1 is 1.10 bits per heavy atom. The van der Waals surface area contributed by atoms with Crippen molar-refractivity contribution in [2.24, 2.45) is 17.6 Å². The summed E-state index contributed by atoms with van der Waals surface area (Å²) in [7, 11) is 0. The molecule has 0 aliphatic carbocycles. The summed E-state index contributed by atoms with van der Waals surface area (Å²) in [6.07, 6.45) is 0. The van der Waals surface area contributed by atoms with Gasteiger partial charge in [-0.05, 0) is 42.3 Å². The Hall–Kier alpha value is -2.57. The predicted molar refractivity (Wildman–Crippen MR) is 115 cm³/mol. The Morgan fingerprint density at radius 3 is 2.31 bits per heavy atom. The first-order chi connectivity index (χ1) is 13.5. The van der Waals surface area contributed by atoms with Gasteiger partial charge in [0.05, 0.1) is 6.54 Å². The highest BCUT2D eigenvalue weighted by molar-refractivity contribution is 5.85. The lowest BCUT2D eigenvalue weighted by Crippen LogP contribution is -2.51. The number of nitrogens with two attached hydrogens (primary N) is 1. The number of ether oxygens (including phenoxy) is 1. The van der Waals surface area contributed by atoms with Crippen LogP contribution in [0.2, 0.25) is 0 Å². The van der Waals surface area contributed by atoms with E-state index in [0.717, 1.165) is 30.0 Å². The molecule has 2 amide bonds. The smallest absolute Gasteiger partial charge is 0.237 e. The molecule has 7 heteroatoms. The summed E-state index contributed by atoms with van der Waals surface area (Å²) in [5.74, 6) is 0.407. The minimum atomic E-state index is -0.505. The normalized spacial score (nSPS) is 14.2. The molecule has 1 aliphatic rings. The molecule has 3 rings (SSSR count). The summed E-state index contributed by atoms with van der Waals surface area (Å²) in [4.78, 5) is 25.8. The molecule has 1 heterocycles. The van der Waals surface area contributed by atoms with E-state index in [2.05, 4.69) is 5.32 Å². The van der Waals surface area contributed by atoms with Crippen molar-refractivity contribution >= 4 is 24.2 Å². The quantitative estimate of drug-likeness (QED) is 0.656. The van der Waals surface area contributed by atoms with Crippen LogP contribution in [0.3, 0.4) is 0 Å². The number of hydrogen-bond donors (Lipinski definition) is 2. The van der Waals surface area contributed by atoms with Gasteiger partial charge in [-0.15, -0.1) is 12.4 Å². The number of hydrogen-bond acceptors (Lipinski definition) is 4. The summed E-state index contributed by atoms with van der Waals surface area (Å²) >= 11 is 0. The van der Waals surface area contributed by atoms with Crippen molar-refractivity contribution in [3.8, 4) is 5.75 Å². The van der Waals surface area contributed by atoms with Crippen molar-refractivity contribution in [2.75, 3.05) is 19.6 Å². The molecule has 0 radical (unpaired) electrons. The molecular weight excluding hydrogens is 390 g/mol. The molecule has 1 atom stereocenters. The van der Waals surface area contributed by atoms with Gasteiger partial charge in [0.25, 0.3) is 0 Å².